The zero-order valence-electron chi connectivity index (χ0n) is 44.7. The van der Waals surface area contributed by atoms with E-state index in [4.69, 9.17) is 13.3 Å². The molecule has 6 aliphatic heterocycles. The highest BCUT2D eigenvalue weighted by molar-refractivity contribution is 5.84. The van der Waals surface area contributed by atoms with E-state index in [1.807, 2.05) is 48.8 Å². The standard InChI is InChI=1S/C21H23N5O2.C18H25N5O2.C16H21N5O2/c1-15-24-18-19(22-14-23-20(18)28-15)25-9-7-21(8-10-25)11-17(27)26(13-21)12-16-5-3-2-4-6-16;1-12(2)9-23-10-18(8-14(23)24)4-6-22(7-5-18)16-15-17(20-11-19-16)25-13(3)21-15;1-3-20-9-16(8-12(20)22)4-6-21(7-5-16)14-13-15(18-10-17-14)23-11(2)19-13/h2-6,14H,7-13H2,1H3;11-12H,4-10H2,1-3H3;10H,3-9H2,1-2H3. The molecule has 0 saturated carbocycles. The third-order valence-corrected chi connectivity index (χ3v) is 16.6. The number of fused-ring (bicyclic) bond motifs is 3. The second-order valence-electron chi connectivity index (χ2n) is 22.6. The van der Waals surface area contributed by atoms with E-state index in [2.05, 4.69) is 97.4 Å². The molecule has 0 radical (unpaired) electrons. The molecule has 21 heteroatoms. The quantitative estimate of drug-likeness (QED) is 0.148. The molecule has 21 nitrogen and oxygen atoms in total. The van der Waals surface area contributed by atoms with Crippen molar-refractivity contribution >= 4 is 68.9 Å². The van der Waals surface area contributed by atoms with Crippen LogP contribution in [0.2, 0.25) is 0 Å². The number of carbonyl (C=O) groups is 3. The van der Waals surface area contributed by atoms with Gasteiger partial charge in [-0.2, -0.15) is 15.0 Å². The summed E-state index contributed by atoms with van der Waals surface area (Å²) in [4.78, 5) is 89.0. The number of aromatic nitrogens is 9. The molecule has 6 aliphatic rings. The summed E-state index contributed by atoms with van der Waals surface area (Å²) < 4.78 is 16.5. The summed E-state index contributed by atoms with van der Waals surface area (Å²) >= 11 is 0. The van der Waals surface area contributed by atoms with Gasteiger partial charge in [0.25, 0.3) is 17.1 Å². The second-order valence-corrected chi connectivity index (χ2v) is 22.6. The topological polar surface area (TPSA) is 226 Å². The number of rotatable bonds is 8. The smallest absolute Gasteiger partial charge is 0.252 e. The number of oxazole rings is 3. The molecule has 0 bridgehead atoms. The summed E-state index contributed by atoms with van der Waals surface area (Å²) in [7, 11) is 0. The Kier molecular flexibility index (Phi) is 13.8. The molecule has 0 N–H and O–H groups in total. The van der Waals surface area contributed by atoms with Crippen LogP contribution >= 0.6 is 0 Å². The Hall–Kier alpha value is -7.32. The van der Waals surface area contributed by atoms with Crippen molar-refractivity contribution < 1.29 is 27.6 Å². The van der Waals surface area contributed by atoms with Crippen LogP contribution in [-0.2, 0) is 20.9 Å². The van der Waals surface area contributed by atoms with Crippen LogP contribution in [0.4, 0.5) is 17.5 Å². The Morgan fingerprint density at radius 2 is 0.855 bits per heavy atom. The van der Waals surface area contributed by atoms with Crippen molar-refractivity contribution in [3.8, 4) is 0 Å². The number of likely N-dealkylation sites (tertiary alicyclic amines) is 3. The average molecular weight is 1040 g/mol. The van der Waals surface area contributed by atoms with E-state index in [1.54, 1.807) is 0 Å². The van der Waals surface area contributed by atoms with E-state index in [-0.39, 0.29) is 22.2 Å². The molecule has 6 fully saturated rings. The van der Waals surface area contributed by atoms with Gasteiger partial charge in [-0.1, -0.05) is 44.2 Å². The lowest BCUT2D eigenvalue weighted by molar-refractivity contribution is -0.129. The van der Waals surface area contributed by atoms with Gasteiger partial charge < -0.3 is 42.7 Å². The number of benzene rings is 1. The van der Waals surface area contributed by atoms with Crippen LogP contribution in [0.3, 0.4) is 0 Å². The van der Waals surface area contributed by atoms with Gasteiger partial charge >= 0.3 is 0 Å². The van der Waals surface area contributed by atoms with Crippen LogP contribution in [0, 0.1) is 42.9 Å². The minimum absolute atomic E-state index is 0.0776. The van der Waals surface area contributed by atoms with Gasteiger partial charge in [0.05, 0.1) is 0 Å². The molecule has 12 heterocycles. The van der Waals surface area contributed by atoms with Crippen molar-refractivity contribution in [2.24, 2.45) is 22.2 Å². The van der Waals surface area contributed by atoms with Crippen molar-refractivity contribution in [1.29, 1.82) is 0 Å². The fourth-order valence-corrected chi connectivity index (χ4v) is 12.6. The molecule has 0 aliphatic carbocycles. The van der Waals surface area contributed by atoms with Crippen LogP contribution in [0.1, 0.15) is 102 Å². The van der Waals surface area contributed by atoms with Crippen molar-refractivity contribution in [3.05, 3.63) is 72.5 Å². The largest absolute Gasteiger partial charge is 0.422 e. The number of nitrogens with zero attached hydrogens (tertiary/aromatic N) is 15. The lowest BCUT2D eigenvalue weighted by atomic mass is 9.77. The number of anilines is 3. The zero-order chi connectivity index (χ0) is 52.8. The maximum atomic E-state index is 12.7. The Labute approximate surface area is 441 Å². The van der Waals surface area contributed by atoms with Crippen molar-refractivity contribution in [2.45, 2.75) is 106 Å². The predicted octanol–water partition coefficient (Wildman–Crippen LogP) is 7.11. The number of hydrogen-bond donors (Lipinski definition) is 0. The summed E-state index contributed by atoms with van der Waals surface area (Å²) in [5.74, 6) is 5.75. The van der Waals surface area contributed by atoms with Gasteiger partial charge in [-0.3, -0.25) is 14.4 Å². The summed E-state index contributed by atoms with van der Waals surface area (Å²) in [6.45, 7) is 22.2. The summed E-state index contributed by atoms with van der Waals surface area (Å²) in [6, 6.07) is 10.2. The number of hydrogen-bond acceptors (Lipinski definition) is 18. The summed E-state index contributed by atoms with van der Waals surface area (Å²) in [5, 5.41) is 0. The second kappa shape index (κ2) is 20.7. The third-order valence-electron chi connectivity index (χ3n) is 16.6. The average Bonchev–Trinajstić information content (AvgIpc) is 4.27. The highest BCUT2D eigenvalue weighted by Gasteiger charge is 2.47. The molecule has 76 heavy (non-hydrogen) atoms. The summed E-state index contributed by atoms with van der Waals surface area (Å²) in [6.07, 6.45) is 12.6. The van der Waals surface area contributed by atoms with E-state index >= 15 is 0 Å². The Bertz CT molecular complexity index is 3220. The number of carbonyl (C=O) groups excluding carboxylic acids is 3. The third kappa shape index (κ3) is 10.4. The van der Waals surface area contributed by atoms with Crippen molar-refractivity contribution in [3.63, 3.8) is 0 Å². The molecule has 3 spiro atoms. The first-order chi connectivity index (χ1) is 36.7. The van der Waals surface area contributed by atoms with E-state index < -0.39 is 0 Å². The number of aryl methyl sites for hydroxylation is 3. The molecular weight excluding hydrogens is 967 g/mol. The molecule has 1 aromatic carbocycles. The van der Waals surface area contributed by atoms with Gasteiger partial charge in [0.15, 0.2) is 51.7 Å². The van der Waals surface area contributed by atoms with E-state index in [0.717, 1.165) is 145 Å². The van der Waals surface area contributed by atoms with Crippen LogP contribution in [0.25, 0.3) is 33.7 Å². The van der Waals surface area contributed by atoms with Gasteiger partial charge in [0.2, 0.25) is 17.7 Å². The number of amides is 3. The Balaban J connectivity index is 0.000000122. The highest BCUT2D eigenvalue weighted by atomic mass is 16.4. The first-order valence-corrected chi connectivity index (χ1v) is 27.0. The van der Waals surface area contributed by atoms with Crippen LogP contribution in [0.15, 0.2) is 62.6 Å². The molecule has 6 aromatic heterocycles. The molecule has 0 unspecified atom stereocenters. The molecule has 6 saturated heterocycles. The number of piperidine rings is 3. The zero-order valence-corrected chi connectivity index (χ0v) is 44.7. The highest BCUT2D eigenvalue weighted by Crippen LogP contribution is 2.45. The summed E-state index contributed by atoms with van der Waals surface area (Å²) in [5.41, 5.74) is 5.37. The van der Waals surface area contributed by atoms with E-state index in [0.29, 0.717) is 78.4 Å². The van der Waals surface area contributed by atoms with Crippen LogP contribution < -0.4 is 14.7 Å². The molecular formula is C55H69N15O6. The van der Waals surface area contributed by atoms with Gasteiger partial charge in [-0.05, 0) is 56.9 Å². The van der Waals surface area contributed by atoms with Crippen molar-refractivity contribution in [1.82, 2.24) is 59.6 Å². The Morgan fingerprint density at radius 3 is 1.22 bits per heavy atom. The molecule has 7 aromatic rings. The first-order valence-electron chi connectivity index (χ1n) is 27.0. The monoisotopic (exact) mass is 1040 g/mol. The molecule has 3 amide bonds. The SMILES string of the molecule is CCN1CC2(CCN(c3ncnc4oc(C)nc34)CC2)CC1=O.Cc1nc2c(N3CCC4(CC3)CC(=O)N(CC(C)C)C4)ncnc2o1.Cc1nc2c(N3CCC4(CC3)CC(=O)N(Cc3ccccc3)C4)ncnc2o1. The molecule has 400 valence electrons. The van der Waals surface area contributed by atoms with Crippen LogP contribution in [0.5, 0.6) is 0 Å². The van der Waals surface area contributed by atoms with Crippen LogP contribution in [-0.4, -0.2) is 149 Å². The molecule has 0 atom stereocenters. The van der Waals surface area contributed by atoms with Gasteiger partial charge in [-0.25, -0.2) is 29.9 Å². The van der Waals surface area contributed by atoms with Gasteiger partial charge in [0, 0.05) is 135 Å². The van der Waals surface area contributed by atoms with Gasteiger partial charge in [-0.15, -0.1) is 0 Å². The minimum Gasteiger partial charge on any atom is -0.422 e. The molecule has 13 rings (SSSR count). The maximum absolute atomic E-state index is 12.7. The lowest BCUT2D eigenvalue weighted by Gasteiger charge is -2.39. The maximum Gasteiger partial charge on any atom is 0.252 e. The lowest BCUT2D eigenvalue weighted by Crippen LogP contribution is -2.42. The normalized spacial score (nSPS) is 20.1. The minimum atomic E-state index is 0.0776. The fraction of sp³-hybridized carbons (Fsp3) is 0.564. The Morgan fingerprint density at radius 1 is 0.500 bits per heavy atom. The fourth-order valence-electron chi connectivity index (χ4n) is 12.6. The predicted molar refractivity (Wildman–Crippen MR) is 284 cm³/mol. The van der Waals surface area contributed by atoms with Gasteiger partial charge in [0.1, 0.15) is 19.0 Å². The van der Waals surface area contributed by atoms with E-state index in [1.165, 1.54) is 24.5 Å². The first kappa shape index (κ1) is 50.8. The van der Waals surface area contributed by atoms with Crippen molar-refractivity contribution in [2.75, 3.05) is 86.7 Å². The van der Waals surface area contributed by atoms with E-state index in [9.17, 15) is 14.4 Å².